The van der Waals surface area contributed by atoms with Crippen molar-refractivity contribution in [3.05, 3.63) is 48.3 Å². The van der Waals surface area contributed by atoms with E-state index in [4.69, 9.17) is 0 Å². The normalized spacial score (nSPS) is 19.7. The van der Waals surface area contributed by atoms with Crippen LogP contribution in [0, 0.1) is 0 Å². The van der Waals surface area contributed by atoms with Gasteiger partial charge in [0.25, 0.3) is 5.91 Å². The van der Waals surface area contributed by atoms with Crippen LogP contribution in [0.4, 0.5) is 5.69 Å². The average molecular weight is 284 g/mol. The Morgan fingerprint density at radius 2 is 2.19 bits per heavy atom. The number of aromatic nitrogens is 2. The zero-order valence-electron chi connectivity index (χ0n) is 12.4. The van der Waals surface area contributed by atoms with Crippen molar-refractivity contribution in [2.75, 3.05) is 11.4 Å². The van der Waals surface area contributed by atoms with Gasteiger partial charge in [-0.1, -0.05) is 18.2 Å². The maximum Gasteiger partial charge on any atom is 0.251 e. The largest absolute Gasteiger partial charge is 0.309 e. The van der Waals surface area contributed by atoms with Crippen LogP contribution in [0.3, 0.4) is 0 Å². The standard InChI is InChI=1S/C16H20N4O/c1-12-11-19(15-7-4-3-6-14(15)10-17-12)16(21)13(2)20-9-5-8-18-20/h3-9,12-13,17H,10-11H2,1-2H3. The molecule has 1 aromatic carbocycles. The number of nitrogens with one attached hydrogen (secondary N) is 1. The van der Waals surface area contributed by atoms with Gasteiger partial charge in [0.15, 0.2) is 0 Å². The van der Waals surface area contributed by atoms with Gasteiger partial charge in [0.1, 0.15) is 6.04 Å². The lowest BCUT2D eigenvalue weighted by atomic mass is 10.1. The number of hydrogen-bond donors (Lipinski definition) is 1. The second kappa shape index (κ2) is 5.69. The van der Waals surface area contributed by atoms with Gasteiger partial charge in [-0.15, -0.1) is 0 Å². The van der Waals surface area contributed by atoms with Crippen molar-refractivity contribution in [3.8, 4) is 0 Å². The van der Waals surface area contributed by atoms with Crippen LogP contribution < -0.4 is 10.2 Å². The number of hydrogen-bond acceptors (Lipinski definition) is 3. The summed E-state index contributed by atoms with van der Waals surface area (Å²) in [5, 5.41) is 7.63. The molecular weight excluding hydrogens is 264 g/mol. The van der Waals surface area contributed by atoms with Gasteiger partial charge in [0.2, 0.25) is 0 Å². The molecule has 2 unspecified atom stereocenters. The van der Waals surface area contributed by atoms with Crippen LogP contribution in [0.1, 0.15) is 25.5 Å². The van der Waals surface area contributed by atoms with Gasteiger partial charge in [0.05, 0.1) is 0 Å². The zero-order chi connectivity index (χ0) is 14.8. The summed E-state index contributed by atoms with van der Waals surface area (Å²) in [5.74, 6) is 0.0710. The molecule has 5 heteroatoms. The summed E-state index contributed by atoms with van der Waals surface area (Å²) in [7, 11) is 0. The molecule has 3 rings (SSSR count). The number of carbonyl (C=O) groups excluding carboxylic acids is 1. The fourth-order valence-electron chi connectivity index (χ4n) is 2.70. The Bertz CT molecular complexity index is 623. The Kier molecular flexibility index (Phi) is 3.75. The third-order valence-corrected chi connectivity index (χ3v) is 3.92. The molecule has 1 N–H and O–H groups in total. The maximum absolute atomic E-state index is 12.9. The maximum atomic E-state index is 12.9. The molecule has 1 aliphatic rings. The number of rotatable bonds is 2. The molecule has 0 radical (unpaired) electrons. The zero-order valence-corrected chi connectivity index (χ0v) is 12.4. The number of nitrogens with zero attached hydrogens (tertiary/aromatic N) is 3. The molecule has 1 aromatic heterocycles. The molecular formula is C16H20N4O. The van der Waals surface area contributed by atoms with E-state index in [9.17, 15) is 4.79 Å². The molecule has 0 bridgehead atoms. The lowest BCUT2D eigenvalue weighted by molar-refractivity contribution is -0.121. The second-order valence-corrected chi connectivity index (χ2v) is 5.52. The molecule has 0 spiro atoms. The van der Waals surface area contributed by atoms with Crippen LogP contribution in [0.25, 0.3) is 0 Å². The molecule has 0 saturated heterocycles. The van der Waals surface area contributed by atoms with E-state index in [-0.39, 0.29) is 18.0 Å². The van der Waals surface area contributed by atoms with Crippen molar-refractivity contribution in [1.29, 1.82) is 0 Å². The Hall–Kier alpha value is -2.14. The quantitative estimate of drug-likeness (QED) is 0.917. The SMILES string of the molecule is CC1CN(C(=O)C(C)n2cccn2)c2ccccc2CN1. The summed E-state index contributed by atoms with van der Waals surface area (Å²) in [5.41, 5.74) is 2.15. The Balaban J connectivity index is 1.94. The van der Waals surface area contributed by atoms with Crippen molar-refractivity contribution < 1.29 is 4.79 Å². The van der Waals surface area contributed by atoms with E-state index in [1.54, 1.807) is 10.9 Å². The third-order valence-electron chi connectivity index (χ3n) is 3.92. The minimum Gasteiger partial charge on any atom is -0.309 e. The van der Waals surface area contributed by atoms with Crippen LogP contribution in [0.5, 0.6) is 0 Å². The first kappa shape index (κ1) is 13.8. The molecule has 2 atom stereocenters. The first-order chi connectivity index (χ1) is 10.2. The fourth-order valence-corrected chi connectivity index (χ4v) is 2.70. The van der Waals surface area contributed by atoms with Gasteiger partial charge in [-0.3, -0.25) is 9.48 Å². The number of fused-ring (bicyclic) bond motifs is 1. The van der Waals surface area contributed by atoms with Crippen LogP contribution in [-0.2, 0) is 11.3 Å². The van der Waals surface area contributed by atoms with Crippen molar-refractivity contribution in [3.63, 3.8) is 0 Å². The van der Waals surface area contributed by atoms with Crippen LogP contribution in [0.15, 0.2) is 42.7 Å². The highest BCUT2D eigenvalue weighted by Crippen LogP contribution is 2.25. The molecule has 0 aliphatic carbocycles. The predicted octanol–water partition coefficient (Wildman–Crippen LogP) is 1.97. The van der Waals surface area contributed by atoms with Crippen molar-refractivity contribution in [2.45, 2.75) is 32.5 Å². The molecule has 2 aromatic rings. The highest BCUT2D eigenvalue weighted by molar-refractivity contribution is 5.96. The molecule has 0 saturated carbocycles. The van der Waals surface area contributed by atoms with E-state index in [2.05, 4.69) is 23.4 Å². The summed E-state index contributed by atoms with van der Waals surface area (Å²) in [6, 6.07) is 9.86. The van der Waals surface area contributed by atoms with Gasteiger partial charge >= 0.3 is 0 Å². The highest BCUT2D eigenvalue weighted by atomic mass is 16.2. The third kappa shape index (κ3) is 2.69. The number of para-hydroxylation sites is 1. The van der Waals surface area contributed by atoms with Gasteiger partial charge < -0.3 is 10.2 Å². The monoisotopic (exact) mass is 284 g/mol. The summed E-state index contributed by atoms with van der Waals surface area (Å²) in [4.78, 5) is 14.8. The first-order valence-corrected chi connectivity index (χ1v) is 7.28. The van der Waals surface area contributed by atoms with Gasteiger partial charge in [-0.05, 0) is 31.5 Å². The summed E-state index contributed by atoms with van der Waals surface area (Å²) in [6.07, 6.45) is 3.53. The topological polar surface area (TPSA) is 50.2 Å². The molecule has 110 valence electrons. The van der Waals surface area contributed by atoms with Crippen LogP contribution >= 0.6 is 0 Å². The number of anilines is 1. The molecule has 0 fully saturated rings. The molecule has 1 aliphatic heterocycles. The molecule has 21 heavy (non-hydrogen) atoms. The van der Waals surface area contributed by atoms with E-state index in [1.807, 2.05) is 42.3 Å². The second-order valence-electron chi connectivity index (χ2n) is 5.52. The minimum atomic E-state index is -0.307. The summed E-state index contributed by atoms with van der Waals surface area (Å²) in [6.45, 7) is 5.45. The van der Waals surface area contributed by atoms with E-state index in [0.717, 1.165) is 17.8 Å². The minimum absolute atomic E-state index is 0.0710. The lowest BCUT2D eigenvalue weighted by Gasteiger charge is -2.27. The van der Waals surface area contributed by atoms with Gasteiger partial charge in [-0.2, -0.15) is 5.10 Å². The summed E-state index contributed by atoms with van der Waals surface area (Å²) >= 11 is 0. The van der Waals surface area contributed by atoms with Crippen molar-refractivity contribution >= 4 is 11.6 Å². The van der Waals surface area contributed by atoms with E-state index < -0.39 is 0 Å². The number of carbonyl (C=O) groups is 1. The average Bonchev–Trinajstić information content (AvgIpc) is 2.98. The van der Waals surface area contributed by atoms with Gasteiger partial charge in [0, 0.05) is 37.2 Å². The van der Waals surface area contributed by atoms with Crippen molar-refractivity contribution in [1.82, 2.24) is 15.1 Å². The smallest absolute Gasteiger partial charge is 0.251 e. The molecule has 5 nitrogen and oxygen atoms in total. The first-order valence-electron chi connectivity index (χ1n) is 7.28. The Morgan fingerprint density at radius 1 is 1.38 bits per heavy atom. The van der Waals surface area contributed by atoms with E-state index >= 15 is 0 Å². The van der Waals surface area contributed by atoms with E-state index in [0.29, 0.717) is 6.54 Å². The summed E-state index contributed by atoms with van der Waals surface area (Å²) < 4.78 is 1.70. The predicted molar refractivity (Wildman–Crippen MR) is 82.0 cm³/mol. The Morgan fingerprint density at radius 3 is 2.95 bits per heavy atom. The molecule has 1 amide bonds. The Labute approximate surface area is 124 Å². The van der Waals surface area contributed by atoms with Crippen molar-refractivity contribution in [2.24, 2.45) is 0 Å². The van der Waals surface area contributed by atoms with E-state index in [1.165, 1.54) is 0 Å². The lowest BCUT2D eigenvalue weighted by Crippen LogP contribution is -2.42. The number of benzene rings is 1. The van der Waals surface area contributed by atoms with Crippen LogP contribution in [0.2, 0.25) is 0 Å². The highest BCUT2D eigenvalue weighted by Gasteiger charge is 2.28. The number of amides is 1. The molecule has 2 heterocycles. The fraction of sp³-hybridized carbons (Fsp3) is 0.375. The van der Waals surface area contributed by atoms with Crippen LogP contribution in [-0.4, -0.2) is 28.3 Å². The van der Waals surface area contributed by atoms with Gasteiger partial charge in [-0.25, -0.2) is 0 Å².